The first-order chi connectivity index (χ1) is 17.6. The summed E-state index contributed by atoms with van der Waals surface area (Å²) in [5, 5.41) is 12.4. The van der Waals surface area contributed by atoms with E-state index in [9.17, 15) is 10.1 Å². The molecule has 2 amide bonds. The molecule has 0 unspecified atom stereocenters. The number of hydrogen-bond acceptors (Lipinski definition) is 6. The van der Waals surface area contributed by atoms with Gasteiger partial charge in [-0.3, -0.25) is 4.90 Å². The molecule has 3 aromatic rings. The maximum Gasteiger partial charge on any atom is 0.322 e. The fourth-order valence-electron chi connectivity index (χ4n) is 5.63. The van der Waals surface area contributed by atoms with Crippen molar-refractivity contribution in [1.29, 1.82) is 5.26 Å². The first kappa shape index (κ1) is 23.0. The molecule has 1 aromatic carbocycles. The van der Waals surface area contributed by atoms with Crippen LogP contribution in [0.5, 0.6) is 0 Å². The second-order valence-electron chi connectivity index (χ2n) is 10.0. The number of benzene rings is 1. The average molecular weight is 497 g/mol. The first-order valence-electron chi connectivity index (χ1n) is 12.6. The molecule has 0 atom stereocenters. The summed E-state index contributed by atoms with van der Waals surface area (Å²) in [6.07, 6.45) is 10.3. The number of pyridine rings is 1. The SMILES string of the molecule is CSc1ccc(CNC(=O)N2CC3(CCCC3)c3nc(-c4cnc(C#N)nc4C4CC4)ccc32)cc1. The van der Waals surface area contributed by atoms with Crippen LogP contribution in [-0.4, -0.2) is 33.8 Å². The van der Waals surface area contributed by atoms with Gasteiger partial charge in [0, 0.05) is 41.1 Å². The number of carbonyl (C=O) groups excluding carboxylic acids is 1. The Morgan fingerprint density at radius 3 is 2.64 bits per heavy atom. The van der Waals surface area contributed by atoms with Crippen LogP contribution in [0.15, 0.2) is 47.5 Å². The molecule has 2 aromatic heterocycles. The second kappa shape index (κ2) is 9.21. The molecule has 3 aliphatic rings. The van der Waals surface area contributed by atoms with Gasteiger partial charge in [0.25, 0.3) is 0 Å². The van der Waals surface area contributed by atoms with Crippen molar-refractivity contribution >= 4 is 23.5 Å². The van der Waals surface area contributed by atoms with Gasteiger partial charge in [-0.2, -0.15) is 5.26 Å². The molecule has 1 aliphatic heterocycles. The van der Waals surface area contributed by atoms with Crippen LogP contribution in [0.3, 0.4) is 0 Å². The Balaban J connectivity index is 1.30. The maximum atomic E-state index is 13.4. The van der Waals surface area contributed by atoms with E-state index in [0.29, 0.717) is 19.0 Å². The van der Waals surface area contributed by atoms with Crippen LogP contribution in [0.2, 0.25) is 0 Å². The molecule has 0 radical (unpaired) electrons. The summed E-state index contributed by atoms with van der Waals surface area (Å²) in [5.41, 5.74) is 5.57. The Kier molecular flexibility index (Phi) is 5.88. The molecule has 2 aliphatic carbocycles. The van der Waals surface area contributed by atoms with E-state index < -0.39 is 0 Å². The standard InChI is InChI=1S/C28H28N6OS/c1-36-20-8-4-18(5-9-20)15-31-27(35)34-17-28(12-2-3-13-28)26-23(34)11-10-22(32-26)21-16-30-24(14-29)33-25(21)19-6-7-19/h4-5,8-11,16,19H,2-3,6-7,12-13,15,17H2,1H3,(H,31,35). The van der Waals surface area contributed by atoms with Crippen molar-refractivity contribution in [2.45, 2.75) is 61.3 Å². The van der Waals surface area contributed by atoms with Crippen molar-refractivity contribution < 1.29 is 4.79 Å². The molecule has 2 fully saturated rings. The van der Waals surface area contributed by atoms with Crippen LogP contribution < -0.4 is 10.2 Å². The van der Waals surface area contributed by atoms with Crippen LogP contribution >= 0.6 is 11.8 Å². The number of nitrogens with one attached hydrogen (secondary N) is 1. The number of aromatic nitrogens is 3. The molecule has 8 heteroatoms. The Labute approximate surface area is 215 Å². The molecule has 182 valence electrons. The number of anilines is 1. The number of hydrogen-bond donors (Lipinski definition) is 1. The van der Waals surface area contributed by atoms with E-state index in [0.717, 1.165) is 72.4 Å². The quantitative estimate of drug-likeness (QED) is 0.465. The summed E-state index contributed by atoms with van der Waals surface area (Å²) in [4.78, 5) is 30.4. The van der Waals surface area contributed by atoms with E-state index in [4.69, 9.17) is 4.98 Å². The Morgan fingerprint density at radius 1 is 1.17 bits per heavy atom. The molecule has 0 saturated heterocycles. The molecule has 0 bridgehead atoms. The summed E-state index contributed by atoms with van der Waals surface area (Å²) >= 11 is 1.71. The third kappa shape index (κ3) is 4.11. The second-order valence-corrected chi connectivity index (χ2v) is 10.9. The molecular weight excluding hydrogens is 468 g/mol. The van der Waals surface area contributed by atoms with Gasteiger partial charge >= 0.3 is 6.03 Å². The summed E-state index contributed by atoms with van der Waals surface area (Å²) < 4.78 is 0. The number of urea groups is 1. The monoisotopic (exact) mass is 496 g/mol. The van der Waals surface area contributed by atoms with Crippen molar-refractivity contribution in [1.82, 2.24) is 20.3 Å². The summed E-state index contributed by atoms with van der Waals surface area (Å²) in [7, 11) is 0. The minimum Gasteiger partial charge on any atom is -0.334 e. The van der Waals surface area contributed by atoms with Crippen molar-refractivity contribution in [3.05, 3.63) is 65.4 Å². The number of carbonyl (C=O) groups is 1. The van der Waals surface area contributed by atoms with Crippen molar-refractivity contribution in [2.75, 3.05) is 17.7 Å². The molecule has 6 rings (SSSR count). The fraction of sp³-hybridized carbons (Fsp3) is 0.393. The van der Waals surface area contributed by atoms with E-state index in [2.05, 4.69) is 51.9 Å². The lowest BCUT2D eigenvalue weighted by Crippen LogP contribution is -2.41. The smallest absolute Gasteiger partial charge is 0.322 e. The highest BCUT2D eigenvalue weighted by atomic mass is 32.2. The van der Waals surface area contributed by atoms with Gasteiger partial charge in [-0.15, -0.1) is 11.8 Å². The van der Waals surface area contributed by atoms with E-state index in [1.807, 2.05) is 17.0 Å². The summed E-state index contributed by atoms with van der Waals surface area (Å²) in [6, 6.07) is 14.3. The third-order valence-electron chi connectivity index (χ3n) is 7.69. The molecule has 3 heterocycles. The van der Waals surface area contributed by atoms with Gasteiger partial charge in [-0.1, -0.05) is 25.0 Å². The highest BCUT2D eigenvalue weighted by Crippen LogP contribution is 2.50. The van der Waals surface area contributed by atoms with Gasteiger partial charge in [0.2, 0.25) is 5.82 Å². The third-order valence-corrected chi connectivity index (χ3v) is 8.44. The number of rotatable bonds is 5. The van der Waals surface area contributed by atoms with Crippen LogP contribution in [0, 0.1) is 11.3 Å². The van der Waals surface area contributed by atoms with Gasteiger partial charge in [0.1, 0.15) is 6.07 Å². The fourth-order valence-corrected chi connectivity index (χ4v) is 6.04. The first-order valence-corrected chi connectivity index (χ1v) is 13.8. The Hall–Kier alpha value is -3.44. The van der Waals surface area contributed by atoms with Gasteiger partial charge in [-0.25, -0.2) is 19.7 Å². The predicted molar refractivity (Wildman–Crippen MR) is 140 cm³/mol. The van der Waals surface area contributed by atoms with Crippen molar-refractivity contribution in [2.24, 2.45) is 0 Å². The maximum absolute atomic E-state index is 13.4. The van der Waals surface area contributed by atoms with Gasteiger partial charge < -0.3 is 5.32 Å². The molecule has 7 nitrogen and oxygen atoms in total. The molecule has 36 heavy (non-hydrogen) atoms. The van der Waals surface area contributed by atoms with Gasteiger partial charge in [-0.05, 0) is 61.8 Å². The van der Waals surface area contributed by atoms with Crippen LogP contribution in [0.1, 0.15) is 67.2 Å². The normalized spacial score (nSPS) is 17.7. The Morgan fingerprint density at radius 2 is 1.94 bits per heavy atom. The minimum absolute atomic E-state index is 0.0797. The minimum atomic E-state index is -0.101. The van der Waals surface area contributed by atoms with E-state index in [-0.39, 0.29) is 17.3 Å². The van der Waals surface area contributed by atoms with Gasteiger partial charge in [0.15, 0.2) is 0 Å². The highest BCUT2D eigenvalue weighted by molar-refractivity contribution is 7.98. The molecule has 1 N–H and O–H groups in total. The predicted octanol–water partition coefficient (Wildman–Crippen LogP) is 5.55. The number of fused-ring (bicyclic) bond motifs is 2. The largest absolute Gasteiger partial charge is 0.334 e. The van der Waals surface area contributed by atoms with Crippen LogP contribution in [0.4, 0.5) is 10.5 Å². The topological polar surface area (TPSA) is 94.8 Å². The van der Waals surface area contributed by atoms with Crippen LogP contribution in [-0.2, 0) is 12.0 Å². The lowest BCUT2D eigenvalue weighted by atomic mass is 9.84. The van der Waals surface area contributed by atoms with Crippen molar-refractivity contribution in [3.8, 4) is 17.3 Å². The zero-order valence-electron chi connectivity index (χ0n) is 20.3. The number of amides is 2. The van der Waals surface area contributed by atoms with E-state index in [1.165, 1.54) is 4.90 Å². The van der Waals surface area contributed by atoms with Gasteiger partial charge in [0.05, 0.1) is 22.8 Å². The molecule has 1 spiro atoms. The van der Waals surface area contributed by atoms with Crippen molar-refractivity contribution in [3.63, 3.8) is 0 Å². The summed E-state index contributed by atoms with van der Waals surface area (Å²) in [5.74, 6) is 0.581. The molecular formula is C28H28N6OS. The lowest BCUT2D eigenvalue weighted by molar-refractivity contribution is 0.245. The highest BCUT2D eigenvalue weighted by Gasteiger charge is 2.48. The zero-order chi connectivity index (χ0) is 24.7. The van der Waals surface area contributed by atoms with E-state index >= 15 is 0 Å². The number of nitrogens with zero attached hydrogens (tertiary/aromatic N) is 5. The Bertz CT molecular complexity index is 1360. The number of thioether (sulfide) groups is 1. The zero-order valence-corrected chi connectivity index (χ0v) is 21.1. The average Bonchev–Trinajstić information content (AvgIpc) is 3.59. The lowest BCUT2D eigenvalue weighted by Gasteiger charge is -2.24. The summed E-state index contributed by atoms with van der Waals surface area (Å²) in [6.45, 7) is 1.15. The van der Waals surface area contributed by atoms with E-state index in [1.54, 1.807) is 18.0 Å². The molecule has 2 saturated carbocycles. The number of nitriles is 1. The van der Waals surface area contributed by atoms with Crippen LogP contribution in [0.25, 0.3) is 11.3 Å².